The Morgan fingerprint density at radius 1 is 0.574 bits per heavy atom. The van der Waals surface area contributed by atoms with E-state index in [0.717, 1.165) is 97.0 Å². The molecule has 320 valence electrons. The number of benzene rings is 2. The number of pyridine rings is 2. The highest BCUT2D eigenvalue weighted by Crippen LogP contribution is 2.31. The van der Waals surface area contributed by atoms with Gasteiger partial charge in [-0.1, -0.05) is 35.9 Å². The molecule has 61 heavy (non-hydrogen) atoms. The lowest BCUT2D eigenvalue weighted by atomic mass is 10.1. The second-order valence-electron chi connectivity index (χ2n) is 12.7. The molecule has 0 saturated heterocycles. The molecule has 6 aromatic rings. The van der Waals surface area contributed by atoms with Crippen molar-refractivity contribution < 1.29 is 56.1 Å². The molecule has 0 amide bonds. The fourth-order valence-corrected chi connectivity index (χ4v) is 5.40. The van der Waals surface area contributed by atoms with Crippen LogP contribution in [0.2, 0.25) is 5.02 Å². The Kier molecular flexibility index (Phi) is 18.0. The van der Waals surface area contributed by atoms with E-state index in [2.05, 4.69) is 39.7 Å². The highest BCUT2D eigenvalue weighted by molar-refractivity contribution is 6.31. The summed E-state index contributed by atoms with van der Waals surface area (Å²) in [4.78, 5) is 30.3. The third kappa shape index (κ3) is 16.6. The van der Waals surface area contributed by atoms with Gasteiger partial charge in [0.2, 0.25) is 24.0 Å². The van der Waals surface area contributed by atoms with Gasteiger partial charge < -0.3 is 9.47 Å². The summed E-state index contributed by atoms with van der Waals surface area (Å²) >= 11 is 6.20. The number of alkyl halides is 6. The summed E-state index contributed by atoms with van der Waals surface area (Å²) in [6, 6.07) is 21.1. The summed E-state index contributed by atoms with van der Waals surface area (Å²) in [7, 11) is 0. The van der Waals surface area contributed by atoms with Gasteiger partial charge in [0.15, 0.2) is 0 Å². The highest BCUT2D eigenvalue weighted by Gasteiger charge is 2.31. The number of aryl methyl sites for hydroxylation is 6. The van der Waals surface area contributed by atoms with Crippen molar-refractivity contribution in [2.24, 2.45) is 0 Å². The molecular weight excluding hydrogens is 834 g/mol. The minimum atomic E-state index is -4.41. The molecule has 0 aliphatic rings. The molecule has 6 rings (SSSR count). The molecule has 0 unspecified atom stereocenters. The predicted octanol–water partition coefficient (Wildman–Crippen LogP) is 10.9. The first-order valence-electron chi connectivity index (χ1n) is 18.1. The van der Waals surface area contributed by atoms with Crippen molar-refractivity contribution >= 4 is 11.6 Å². The zero-order valence-corrected chi connectivity index (χ0v) is 33.2. The highest BCUT2D eigenvalue weighted by atomic mass is 35.5. The van der Waals surface area contributed by atoms with E-state index in [1.165, 1.54) is 30.7 Å². The van der Waals surface area contributed by atoms with Crippen LogP contribution < -0.4 is 9.47 Å². The number of nitrogens with zero attached hydrogens (tertiary/aromatic N) is 6. The monoisotopic (exact) mass is 870 g/mol. The lowest BCUT2D eigenvalue weighted by Crippen LogP contribution is -2.05. The lowest BCUT2D eigenvalue weighted by molar-refractivity contribution is -0.188. The Morgan fingerprint density at radius 2 is 1.05 bits per heavy atom. The molecule has 2 aromatic carbocycles. The zero-order valence-electron chi connectivity index (χ0n) is 32.4. The van der Waals surface area contributed by atoms with Crippen molar-refractivity contribution in [2.45, 2.75) is 64.7 Å². The van der Waals surface area contributed by atoms with E-state index in [9.17, 15) is 26.3 Å². The molecule has 4 heterocycles. The predicted molar refractivity (Wildman–Crippen MR) is 209 cm³/mol. The number of ether oxygens (including phenoxy) is 2. The van der Waals surface area contributed by atoms with Gasteiger partial charge in [-0.3, -0.25) is 9.78 Å². The van der Waals surface area contributed by atoms with Gasteiger partial charge in [-0.15, -0.1) is 0 Å². The fraction of sp³-hybridized carbons (Fsp3) is 0.238. The minimum Gasteiger partial charge on any atom is -0.439 e. The molecule has 0 bridgehead atoms. The van der Waals surface area contributed by atoms with E-state index in [1.807, 2.05) is 44.2 Å². The van der Waals surface area contributed by atoms with Crippen LogP contribution in [0.3, 0.4) is 0 Å². The maximum absolute atomic E-state index is 12.5. The second kappa shape index (κ2) is 23.3. The largest absolute Gasteiger partial charge is 0.439 e. The Hall–Kier alpha value is -6.55. The Balaban J connectivity index is 0.000000237. The van der Waals surface area contributed by atoms with Crippen molar-refractivity contribution in [1.82, 2.24) is 29.9 Å². The average Bonchev–Trinajstić information content (AvgIpc) is 3.23. The maximum atomic E-state index is 12.5. The van der Waals surface area contributed by atoms with E-state index in [-0.39, 0.29) is 11.8 Å². The van der Waals surface area contributed by atoms with Crippen LogP contribution >= 0.6 is 11.6 Å². The molecule has 0 saturated carbocycles. The fourth-order valence-electron chi connectivity index (χ4n) is 5.21. The molecule has 2 N–H and O–H groups in total. The van der Waals surface area contributed by atoms with Crippen molar-refractivity contribution in [3.05, 3.63) is 154 Å². The molecule has 0 atom stereocenters. The topological polar surface area (TPSA) is 155 Å². The van der Waals surface area contributed by atoms with Crippen molar-refractivity contribution in [1.29, 1.82) is 0 Å². The number of aromatic nitrogens is 6. The zero-order chi connectivity index (χ0) is 44.3. The normalized spacial score (nSPS) is 10.8. The standard InChI is InChI=1S/C20H17ClF3N3O.C20H18F3N3O.C2H2O4/c1-13-19(21)17(27-12-26-13)4-2-3-14-5-8-16(9-6-14)28-18-10-7-15(11-25-18)20(22,23)24;1-14-11-17(26-13-25-14)4-2-3-15-5-8-18(9-6-15)27-19-10-7-16(12-24-19)20(21,22)23;3-5-1-2-6-4/h5-12H,2-4H2,1H3;5-13H,2-4H2,1H3;3-4H. The van der Waals surface area contributed by atoms with Gasteiger partial charge in [0, 0.05) is 35.9 Å². The van der Waals surface area contributed by atoms with Crippen LogP contribution in [0, 0.1) is 26.1 Å². The lowest BCUT2D eigenvalue weighted by Gasteiger charge is -2.09. The molecule has 0 fully saturated rings. The summed E-state index contributed by atoms with van der Waals surface area (Å²) in [6.45, 7) is 3.78. The molecule has 0 aliphatic carbocycles. The van der Waals surface area contributed by atoms with Crippen molar-refractivity contribution in [2.75, 3.05) is 0 Å². The van der Waals surface area contributed by atoms with Crippen LogP contribution in [0.1, 0.15) is 57.9 Å². The first-order chi connectivity index (χ1) is 29.1. The van der Waals surface area contributed by atoms with E-state index >= 15 is 0 Å². The third-order valence-electron chi connectivity index (χ3n) is 8.23. The van der Waals surface area contributed by atoms with Gasteiger partial charge in [-0.2, -0.15) is 36.9 Å². The van der Waals surface area contributed by atoms with Crippen LogP contribution in [-0.4, -0.2) is 40.4 Å². The van der Waals surface area contributed by atoms with Gasteiger partial charge in [-0.25, -0.2) is 29.9 Å². The summed E-state index contributed by atoms with van der Waals surface area (Å²) in [5.74, 6) is 1.26. The Bertz CT molecular complexity index is 2300. The van der Waals surface area contributed by atoms with Gasteiger partial charge in [0.25, 0.3) is 0 Å². The van der Waals surface area contributed by atoms with Gasteiger partial charge in [0.05, 0.1) is 27.5 Å². The van der Waals surface area contributed by atoms with E-state index in [0.29, 0.717) is 16.5 Å². The summed E-state index contributed by atoms with van der Waals surface area (Å²) in [5, 5.41) is 15.3. The Morgan fingerprint density at radius 3 is 1.48 bits per heavy atom. The second-order valence-corrected chi connectivity index (χ2v) is 13.1. The molecule has 12 nitrogen and oxygen atoms in total. The van der Waals surface area contributed by atoms with Gasteiger partial charge in [0.1, 0.15) is 24.2 Å². The first kappa shape index (κ1) is 47.1. The smallest absolute Gasteiger partial charge is 0.417 e. The van der Waals surface area contributed by atoms with Crippen LogP contribution in [0.5, 0.6) is 23.3 Å². The number of hydrogen-bond acceptors (Lipinski definition) is 12. The number of hydrogen-bond donors (Lipinski definition) is 2. The number of halogens is 7. The molecule has 0 radical (unpaired) electrons. The molecule has 0 spiro atoms. The van der Waals surface area contributed by atoms with Gasteiger partial charge in [-0.05, 0) is 106 Å². The van der Waals surface area contributed by atoms with Crippen molar-refractivity contribution in [3.63, 3.8) is 0 Å². The van der Waals surface area contributed by atoms with Crippen LogP contribution in [0.15, 0.2) is 104 Å². The molecule has 4 aromatic heterocycles. The van der Waals surface area contributed by atoms with E-state index < -0.39 is 23.5 Å². The average molecular weight is 871 g/mol. The summed E-state index contributed by atoms with van der Waals surface area (Å²) in [5.41, 5.74) is 4.23. The van der Waals surface area contributed by atoms with Crippen molar-refractivity contribution in [3.8, 4) is 35.5 Å². The van der Waals surface area contributed by atoms with Crippen LogP contribution in [0.25, 0.3) is 0 Å². The molecule has 0 aliphatic heterocycles. The number of rotatable bonds is 12. The van der Waals surface area contributed by atoms with Crippen LogP contribution in [-0.2, 0) is 47.8 Å². The third-order valence-corrected chi connectivity index (χ3v) is 8.72. The Labute approximate surface area is 351 Å². The summed E-state index contributed by atoms with van der Waals surface area (Å²) < 4.78 is 86.2. The first-order valence-corrected chi connectivity index (χ1v) is 18.5. The van der Waals surface area contributed by atoms with E-state index in [1.54, 1.807) is 30.6 Å². The van der Waals surface area contributed by atoms with Crippen LogP contribution in [0.4, 0.5) is 26.3 Å². The quantitative estimate of drug-likeness (QED) is 0.0520. The maximum Gasteiger partial charge on any atom is 0.417 e. The minimum absolute atomic E-state index is 0.106. The summed E-state index contributed by atoms with van der Waals surface area (Å²) in [6.07, 6.45) is 4.01. The van der Waals surface area contributed by atoms with E-state index in [4.69, 9.17) is 31.6 Å². The molecule has 19 heteroatoms. The SMILES string of the molecule is Cc1cc(CCCc2ccc(Oc3ccc(C(F)(F)F)cn3)cc2)ncn1.Cc1ncnc(CCCc2ccc(Oc3ccc(C(F)(F)F)cn3)cc2)c1Cl.OOC#COO. The molecular formula is C42H37ClF6N6O6. The van der Waals surface area contributed by atoms with Gasteiger partial charge >= 0.3 is 12.4 Å².